The largest absolute Gasteiger partial charge is 0.361 e. The minimum absolute atomic E-state index is 0.0626. The smallest absolute Gasteiger partial charge is 0.228 e. The third-order valence-electron chi connectivity index (χ3n) is 5.45. The highest BCUT2D eigenvalue weighted by Crippen LogP contribution is 2.27. The lowest BCUT2D eigenvalue weighted by Gasteiger charge is -2.32. The molecule has 9 nitrogen and oxygen atoms in total. The van der Waals surface area contributed by atoms with Crippen LogP contribution in [0.15, 0.2) is 21.5 Å². The van der Waals surface area contributed by atoms with E-state index in [0.29, 0.717) is 23.9 Å². The first-order valence-corrected chi connectivity index (χ1v) is 9.81. The summed E-state index contributed by atoms with van der Waals surface area (Å²) in [5.41, 5.74) is 4.80. The van der Waals surface area contributed by atoms with Crippen LogP contribution in [0.1, 0.15) is 41.4 Å². The number of piperidine rings is 1. The molecule has 29 heavy (non-hydrogen) atoms. The SMILES string of the molecule is Cc1nonc1CC(=O)N1CCCC(Cc2cc(-c3c(C)noc3C)ncn2)C1. The van der Waals surface area contributed by atoms with Crippen LogP contribution >= 0.6 is 0 Å². The summed E-state index contributed by atoms with van der Waals surface area (Å²) in [6.45, 7) is 7.07. The molecule has 0 N–H and O–H groups in total. The van der Waals surface area contributed by atoms with Crippen LogP contribution in [0.2, 0.25) is 0 Å². The molecule has 0 aliphatic carbocycles. The molecule has 0 radical (unpaired) electrons. The highest BCUT2D eigenvalue weighted by Gasteiger charge is 2.26. The van der Waals surface area contributed by atoms with Crippen molar-refractivity contribution in [1.29, 1.82) is 0 Å². The summed E-state index contributed by atoms with van der Waals surface area (Å²) in [5, 5.41) is 11.6. The second kappa shape index (κ2) is 8.10. The van der Waals surface area contributed by atoms with E-state index in [0.717, 1.165) is 54.2 Å². The minimum atomic E-state index is 0.0626. The molecule has 0 aromatic carbocycles. The minimum Gasteiger partial charge on any atom is -0.361 e. The third-order valence-corrected chi connectivity index (χ3v) is 5.45. The molecular weight excluding hydrogens is 372 g/mol. The molecule has 1 saturated heterocycles. The lowest BCUT2D eigenvalue weighted by molar-refractivity contribution is -0.132. The molecule has 0 saturated carbocycles. The number of rotatable bonds is 5. The van der Waals surface area contributed by atoms with Crippen molar-refractivity contribution in [1.82, 2.24) is 30.3 Å². The fourth-order valence-electron chi connectivity index (χ4n) is 3.91. The average molecular weight is 396 g/mol. The van der Waals surface area contributed by atoms with Gasteiger partial charge in [-0.3, -0.25) is 4.79 Å². The molecule has 9 heteroatoms. The lowest BCUT2D eigenvalue weighted by Crippen LogP contribution is -2.41. The van der Waals surface area contributed by atoms with Gasteiger partial charge in [-0.25, -0.2) is 14.6 Å². The second-order valence-electron chi connectivity index (χ2n) is 7.62. The summed E-state index contributed by atoms with van der Waals surface area (Å²) in [6, 6.07) is 2.00. The lowest BCUT2D eigenvalue weighted by atomic mass is 9.92. The molecule has 1 unspecified atom stereocenters. The van der Waals surface area contributed by atoms with Crippen molar-refractivity contribution < 1.29 is 13.9 Å². The number of carbonyl (C=O) groups is 1. The van der Waals surface area contributed by atoms with E-state index in [4.69, 9.17) is 9.15 Å². The Bertz CT molecular complexity index is 992. The number of likely N-dealkylation sites (tertiary alicyclic amines) is 1. The summed E-state index contributed by atoms with van der Waals surface area (Å²) in [6.07, 6.45) is 4.66. The number of nitrogens with zero attached hydrogens (tertiary/aromatic N) is 6. The second-order valence-corrected chi connectivity index (χ2v) is 7.62. The molecule has 0 bridgehead atoms. The van der Waals surface area contributed by atoms with Crippen LogP contribution in [0.3, 0.4) is 0 Å². The van der Waals surface area contributed by atoms with Gasteiger partial charge >= 0.3 is 0 Å². The Morgan fingerprint density at radius 1 is 1.17 bits per heavy atom. The first kappa shape index (κ1) is 19.2. The summed E-state index contributed by atoms with van der Waals surface area (Å²) < 4.78 is 9.96. The zero-order chi connectivity index (χ0) is 20.4. The standard InChI is InChI=1S/C20H24N6O3/c1-12-17(25-29-24-12)9-19(27)26-6-4-5-15(10-26)7-16-8-18(22-11-21-16)20-13(2)23-28-14(20)3/h8,11,15H,4-7,9-10H2,1-3H3. The quantitative estimate of drug-likeness (QED) is 0.647. The van der Waals surface area contributed by atoms with Gasteiger partial charge in [-0.05, 0) is 52.0 Å². The van der Waals surface area contributed by atoms with Crippen LogP contribution in [0.4, 0.5) is 0 Å². The van der Waals surface area contributed by atoms with Gasteiger partial charge in [0.1, 0.15) is 23.5 Å². The molecular formula is C20H24N6O3. The Labute approximate surface area is 168 Å². The van der Waals surface area contributed by atoms with Gasteiger partial charge in [0.15, 0.2) is 0 Å². The Balaban J connectivity index is 1.43. The number of aromatic nitrogens is 5. The Kier molecular flexibility index (Phi) is 5.37. The van der Waals surface area contributed by atoms with Crippen molar-refractivity contribution in [2.45, 2.75) is 46.5 Å². The van der Waals surface area contributed by atoms with Crippen LogP contribution in [0.5, 0.6) is 0 Å². The van der Waals surface area contributed by atoms with E-state index in [1.54, 1.807) is 13.3 Å². The predicted molar refractivity (Wildman–Crippen MR) is 103 cm³/mol. The van der Waals surface area contributed by atoms with Crippen molar-refractivity contribution in [3.05, 3.63) is 40.9 Å². The normalized spacial score (nSPS) is 16.9. The molecule has 3 aromatic rings. The Morgan fingerprint density at radius 3 is 2.76 bits per heavy atom. The first-order valence-electron chi connectivity index (χ1n) is 9.81. The molecule has 1 atom stereocenters. The molecule has 4 heterocycles. The summed E-state index contributed by atoms with van der Waals surface area (Å²) in [7, 11) is 0. The fourth-order valence-corrected chi connectivity index (χ4v) is 3.91. The molecule has 0 spiro atoms. The van der Waals surface area contributed by atoms with Crippen molar-refractivity contribution >= 4 is 5.91 Å². The van der Waals surface area contributed by atoms with Crippen LogP contribution < -0.4 is 0 Å². The van der Waals surface area contributed by atoms with Crippen molar-refractivity contribution in [3.63, 3.8) is 0 Å². The summed E-state index contributed by atoms with van der Waals surface area (Å²) in [4.78, 5) is 23.4. The number of hydrogen-bond donors (Lipinski definition) is 0. The van der Waals surface area contributed by atoms with Crippen LogP contribution in [0, 0.1) is 26.7 Å². The zero-order valence-corrected chi connectivity index (χ0v) is 16.9. The van der Waals surface area contributed by atoms with E-state index in [2.05, 4.69) is 25.4 Å². The van der Waals surface area contributed by atoms with Crippen molar-refractivity contribution in [2.24, 2.45) is 5.92 Å². The van der Waals surface area contributed by atoms with Crippen LogP contribution in [-0.4, -0.2) is 49.3 Å². The maximum atomic E-state index is 12.7. The maximum Gasteiger partial charge on any atom is 0.228 e. The fraction of sp³-hybridized carbons (Fsp3) is 0.500. The number of aryl methyl sites for hydroxylation is 3. The average Bonchev–Trinajstić information content (AvgIpc) is 3.27. The van der Waals surface area contributed by atoms with E-state index < -0.39 is 0 Å². The number of amides is 1. The van der Waals surface area contributed by atoms with Gasteiger partial charge in [0.25, 0.3) is 0 Å². The molecule has 152 valence electrons. The highest BCUT2D eigenvalue weighted by molar-refractivity contribution is 5.78. The van der Waals surface area contributed by atoms with Gasteiger partial charge < -0.3 is 9.42 Å². The molecule has 1 fully saturated rings. The highest BCUT2D eigenvalue weighted by atomic mass is 16.6. The van der Waals surface area contributed by atoms with Gasteiger partial charge in [0.2, 0.25) is 5.91 Å². The summed E-state index contributed by atoms with van der Waals surface area (Å²) >= 11 is 0. The van der Waals surface area contributed by atoms with Gasteiger partial charge in [-0.15, -0.1) is 0 Å². The van der Waals surface area contributed by atoms with Crippen LogP contribution in [0.25, 0.3) is 11.3 Å². The molecule has 3 aromatic heterocycles. The van der Waals surface area contributed by atoms with E-state index >= 15 is 0 Å². The van der Waals surface area contributed by atoms with Gasteiger partial charge in [0, 0.05) is 18.8 Å². The molecule has 1 aliphatic heterocycles. The van der Waals surface area contributed by atoms with E-state index in [9.17, 15) is 4.79 Å². The molecule has 4 rings (SSSR count). The number of carbonyl (C=O) groups excluding carboxylic acids is 1. The zero-order valence-electron chi connectivity index (χ0n) is 16.9. The van der Waals surface area contributed by atoms with E-state index in [-0.39, 0.29) is 12.3 Å². The van der Waals surface area contributed by atoms with E-state index in [1.165, 1.54) is 0 Å². The molecule has 1 amide bonds. The summed E-state index contributed by atoms with van der Waals surface area (Å²) in [5.74, 6) is 1.17. The monoisotopic (exact) mass is 396 g/mol. The van der Waals surface area contributed by atoms with Crippen LogP contribution in [-0.2, 0) is 17.6 Å². The van der Waals surface area contributed by atoms with Gasteiger partial charge in [-0.1, -0.05) is 15.5 Å². The van der Waals surface area contributed by atoms with Gasteiger partial charge in [-0.2, -0.15) is 0 Å². The van der Waals surface area contributed by atoms with Crippen molar-refractivity contribution in [2.75, 3.05) is 13.1 Å². The number of hydrogen-bond acceptors (Lipinski definition) is 8. The Hall–Kier alpha value is -3.10. The Morgan fingerprint density at radius 2 is 2.03 bits per heavy atom. The maximum absolute atomic E-state index is 12.7. The van der Waals surface area contributed by atoms with Crippen molar-refractivity contribution in [3.8, 4) is 11.3 Å². The predicted octanol–water partition coefficient (Wildman–Crippen LogP) is 2.46. The van der Waals surface area contributed by atoms with Gasteiger partial charge in [0.05, 0.1) is 23.4 Å². The topological polar surface area (TPSA) is 111 Å². The first-order chi connectivity index (χ1) is 14.0. The molecule has 1 aliphatic rings. The van der Waals surface area contributed by atoms with E-state index in [1.807, 2.05) is 24.8 Å². The third kappa shape index (κ3) is 4.18.